The van der Waals surface area contributed by atoms with Gasteiger partial charge < -0.3 is 13.3 Å². The highest BCUT2D eigenvalue weighted by Crippen LogP contribution is 2.23. The zero-order chi connectivity index (χ0) is 14.4. The van der Waals surface area contributed by atoms with Gasteiger partial charge in [0.25, 0.3) is 0 Å². The van der Waals surface area contributed by atoms with E-state index in [1.807, 2.05) is 19.9 Å². The summed E-state index contributed by atoms with van der Waals surface area (Å²) in [6.45, 7) is 9.39. The summed E-state index contributed by atoms with van der Waals surface area (Å²) in [6.07, 6.45) is 6.83. The lowest BCUT2D eigenvalue weighted by molar-refractivity contribution is 0.0829. The van der Waals surface area contributed by atoms with Crippen LogP contribution in [-0.4, -0.2) is 28.6 Å². The SMILES string of the molecule is C=CCCO[Si](OCC)(OCC)c1ccc2c(c1)C=C2. The van der Waals surface area contributed by atoms with Gasteiger partial charge in [-0.3, -0.25) is 0 Å². The fourth-order valence-electron chi connectivity index (χ4n) is 2.18. The minimum atomic E-state index is -2.81. The molecule has 1 aliphatic carbocycles. The summed E-state index contributed by atoms with van der Waals surface area (Å²) in [4.78, 5) is 0. The Hall–Kier alpha value is -1.20. The second-order valence-corrected chi connectivity index (χ2v) is 7.08. The van der Waals surface area contributed by atoms with E-state index in [2.05, 4.69) is 36.9 Å². The van der Waals surface area contributed by atoms with Crippen molar-refractivity contribution in [2.75, 3.05) is 19.8 Å². The van der Waals surface area contributed by atoms with Gasteiger partial charge in [0.1, 0.15) is 0 Å². The van der Waals surface area contributed by atoms with Crippen LogP contribution in [0.3, 0.4) is 0 Å². The van der Waals surface area contributed by atoms with E-state index in [1.54, 1.807) is 0 Å². The normalized spacial score (nSPS) is 12.9. The largest absolute Gasteiger partial charge is 0.537 e. The summed E-state index contributed by atoms with van der Waals surface area (Å²) in [5.41, 5.74) is 2.49. The Balaban J connectivity index is 2.26. The Bertz CT molecular complexity index is 490. The first-order valence-corrected chi connectivity index (χ1v) is 8.83. The standard InChI is InChI=1S/C16H22O3Si/c1-4-7-12-19-20(17-5-2,18-6-3)16-11-10-14-8-9-15(14)13-16/h4,8-11,13H,1,5-7,12H2,2-3H3. The van der Waals surface area contributed by atoms with E-state index in [1.165, 1.54) is 11.1 Å². The smallest absolute Gasteiger partial charge is 0.370 e. The van der Waals surface area contributed by atoms with Crippen molar-refractivity contribution in [1.29, 1.82) is 0 Å². The third-order valence-electron chi connectivity index (χ3n) is 3.17. The van der Waals surface area contributed by atoms with E-state index in [0.717, 1.165) is 11.6 Å². The summed E-state index contributed by atoms with van der Waals surface area (Å²) in [6, 6.07) is 6.29. The van der Waals surface area contributed by atoms with E-state index in [-0.39, 0.29) is 0 Å². The Kier molecular flexibility index (Phi) is 5.31. The maximum absolute atomic E-state index is 6.06. The molecular formula is C16H22O3Si. The van der Waals surface area contributed by atoms with Gasteiger partial charge in [-0.15, -0.1) is 6.58 Å². The van der Waals surface area contributed by atoms with Crippen LogP contribution in [0.15, 0.2) is 30.9 Å². The topological polar surface area (TPSA) is 27.7 Å². The molecule has 3 nitrogen and oxygen atoms in total. The molecule has 4 heteroatoms. The molecule has 0 heterocycles. The molecule has 1 aliphatic rings. The molecule has 0 saturated heterocycles. The molecule has 2 rings (SSSR count). The first-order valence-electron chi connectivity index (χ1n) is 7.11. The molecule has 0 spiro atoms. The second kappa shape index (κ2) is 6.99. The van der Waals surface area contributed by atoms with Gasteiger partial charge in [0.2, 0.25) is 0 Å². The molecule has 0 amide bonds. The summed E-state index contributed by atoms with van der Waals surface area (Å²) in [5.74, 6) is 0. The van der Waals surface area contributed by atoms with E-state index in [9.17, 15) is 0 Å². The number of rotatable bonds is 9. The Labute approximate surface area is 122 Å². The van der Waals surface area contributed by atoms with Gasteiger partial charge in [0.05, 0.1) is 0 Å². The van der Waals surface area contributed by atoms with Crippen molar-refractivity contribution in [2.24, 2.45) is 0 Å². The number of hydrogen-bond acceptors (Lipinski definition) is 3. The molecule has 0 bridgehead atoms. The van der Waals surface area contributed by atoms with Crippen LogP contribution < -0.4 is 5.19 Å². The quantitative estimate of drug-likeness (QED) is 0.404. The van der Waals surface area contributed by atoms with E-state index < -0.39 is 8.80 Å². The average Bonchev–Trinajstić information content (AvgIpc) is 2.41. The summed E-state index contributed by atoms with van der Waals surface area (Å²) in [5, 5.41) is 1.04. The number of fused-ring (bicyclic) bond motifs is 1. The number of hydrogen-bond donors (Lipinski definition) is 0. The van der Waals surface area contributed by atoms with Crippen LogP contribution in [0, 0.1) is 0 Å². The fraction of sp³-hybridized carbons (Fsp3) is 0.375. The van der Waals surface area contributed by atoms with Gasteiger partial charge in [0.15, 0.2) is 0 Å². The van der Waals surface area contributed by atoms with Crippen LogP contribution in [0.25, 0.3) is 12.2 Å². The van der Waals surface area contributed by atoms with E-state index >= 15 is 0 Å². The van der Waals surface area contributed by atoms with Crippen molar-refractivity contribution in [3.8, 4) is 0 Å². The minimum Gasteiger partial charge on any atom is -0.370 e. The van der Waals surface area contributed by atoms with Crippen molar-refractivity contribution in [3.63, 3.8) is 0 Å². The fourth-order valence-corrected chi connectivity index (χ4v) is 4.69. The van der Waals surface area contributed by atoms with Crippen molar-refractivity contribution in [2.45, 2.75) is 20.3 Å². The monoisotopic (exact) mass is 290 g/mol. The van der Waals surface area contributed by atoms with Crippen LogP contribution in [0.2, 0.25) is 0 Å². The first-order chi connectivity index (χ1) is 9.75. The van der Waals surface area contributed by atoms with Crippen molar-refractivity contribution in [1.82, 2.24) is 0 Å². The molecule has 1 aromatic rings. The molecule has 0 unspecified atom stereocenters. The van der Waals surface area contributed by atoms with Gasteiger partial charge in [-0.2, -0.15) is 0 Å². The predicted molar refractivity (Wildman–Crippen MR) is 84.8 cm³/mol. The molecule has 0 radical (unpaired) electrons. The average molecular weight is 290 g/mol. The Morgan fingerprint density at radius 3 is 2.25 bits per heavy atom. The molecule has 0 aliphatic heterocycles. The second-order valence-electron chi connectivity index (χ2n) is 4.53. The molecule has 108 valence electrons. The van der Waals surface area contributed by atoms with Gasteiger partial charge >= 0.3 is 8.80 Å². The lowest BCUT2D eigenvalue weighted by Gasteiger charge is -2.30. The molecule has 1 aromatic carbocycles. The maximum Gasteiger partial charge on any atom is 0.537 e. The van der Waals surface area contributed by atoms with Gasteiger partial charge in [-0.1, -0.05) is 30.4 Å². The summed E-state index contributed by atoms with van der Waals surface area (Å²) < 4.78 is 18.0. The third-order valence-corrected chi connectivity index (χ3v) is 6.11. The predicted octanol–water partition coefficient (Wildman–Crippen LogP) is 2.98. The molecule has 0 aromatic heterocycles. The zero-order valence-corrected chi connectivity index (χ0v) is 13.2. The van der Waals surface area contributed by atoms with E-state index in [0.29, 0.717) is 19.8 Å². The summed E-state index contributed by atoms with van der Waals surface area (Å²) >= 11 is 0. The molecule has 0 atom stereocenters. The minimum absolute atomic E-state index is 0.572. The highest BCUT2D eigenvalue weighted by Gasteiger charge is 2.43. The summed E-state index contributed by atoms with van der Waals surface area (Å²) in [7, 11) is -2.81. The van der Waals surface area contributed by atoms with Crippen LogP contribution >= 0.6 is 0 Å². The van der Waals surface area contributed by atoms with Crippen LogP contribution in [-0.2, 0) is 13.3 Å². The molecule has 0 saturated carbocycles. The van der Waals surface area contributed by atoms with Gasteiger partial charge in [-0.05, 0) is 37.5 Å². The molecule has 20 heavy (non-hydrogen) atoms. The maximum atomic E-state index is 6.06. The highest BCUT2D eigenvalue weighted by atomic mass is 28.4. The highest BCUT2D eigenvalue weighted by molar-refractivity contribution is 6.75. The molecule has 0 N–H and O–H groups in total. The van der Waals surface area contributed by atoms with Crippen LogP contribution in [0.1, 0.15) is 31.4 Å². The van der Waals surface area contributed by atoms with Gasteiger partial charge in [-0.25, -0.2) is 0 Å². The van der Waals surface area contributed by atoms with Crippen molar-refractivity contribution < 1.29 is 13.3 Å². The Morgan fingerprint density at radius 2 is 1.75 bits per heavy atom. The third kappa shape index (κ3) is 3.10. The lowest BCUT2D eigenvalue weighted by Crippen LogP contribution is -2.57. The zero-order valence-electron chi connectivity index (χ0n) is 12.2. The molecular weight excluding hydrogens is 268 g/mol. The van der Waals surface area contributed by atoms with Crippen LogP contribution in [0.5, 0.6) is 0 Å². The lowest BCUT2D eigenvalue weighted by atomic mass is 9.98. The first kappa shape index (κ1) is 15.2. The number of benzene rings is 1. The van der Waals surface area contributed by atoms with Gasteiger partial charge in [0, 0.05) is 25.0 Å². The van der Waals surface area contributed by atoms with E-state index in [4.69, 9.17) is 13.3 Å². The van der Waals surface area contributed by atoms with Crippen molar-refractivity contribution in [3.05, 3.63) is 42.0 Å². The Morgan fingerprint density at radius 1 is 1.05 bits per heavy atom. The molecule has 0 fully saturated rings. The van der Waals surface area contributed by atoms with Crippen molar-refractivity contribution >= 4 is 26.1 Å². The van der Waals surface area contributed by atoms with Crippen LogP contribution in [0.4, 0.5) is 0 Å².